The van der Waals surface area contributed by atoms with Crippen LogP contribution in [0.25, 0.3) is 16.9 Å². The quantitative estimate of drug-likeness (QED) is 0.420. The maximum atomic E-state index is 13.3. The van der Waals surface area contributed by atoms with Gasteiger partial charge in [-0.25, -0.2) is 4.68 Å². The molecule has 0 unspecified atom stereocenters. The predicted octanol–water partition coefficient (Wildman–Crippen LogP) is 4.90. The van der Waals surface area contributed by atoms with E-state index in [9.17, 15) is 4.79 Å². The maximum absolute atomic E-state index is 13.3. The molecule has 2 aromatic heterocycles. The van der Waals surface area contributed by atoms with Crippen molar-refractivity contribution in [3.8, 4) is 16.9 Å². The zero-order chi connectivity index (χ0) is 26.2. The third-order valence-electron chi connectivity index (χ3n) is 6.34. The van der Waals surface area contributed by atoms with Crippen molar-refractivity contribution < 1.29 is 4.79 Å². The summed E-state index contributed by atoms with van der Waals surface area (Å²) < 4.78 is 3.55. The summed E-state index contributed by atoms with van der Waals surface area (Å²) in [5.41, 5.74) is 8.12. The van der Waals surface area contributed by atoms with E-state index < -0.39 is 0 Å². The Labute approximate surface area is 212 Å². The minimum absolute atomic E-state index is 0.0637. The molecule has 0 bridgehead atoms. The molecular weight excluding hydrogens is 450 g/mol. The molecule has 2 aromatic carbocycles. The van der Waals surface area contributed by atoms with Gasteiger partial charge in [0.1, 0.15) is 5.69 Å². The second kappa shape index (κ2) is 9.70. The lowest BCUT2D eigenvalue weighted by atomic mass is 9.85. The highest BCUT2D eigenvalue weighted by Gasteiger charge is 2.19. The second-order valence-corrected chi connectivity index (χ2v) is 10.7. The molecule has 0 atom stereocenters. The summed E-state index contributed by atoms with van der Waals surface area (Å²) in [6.45, 7) is 11.3. The van der Waals surface area contributed by atoms with Gasteiger partial charge in [0.05, 0.1) is 18.1 Å². The molecule has 0 saturated heterocycles. The van der Waals surface area contributed by atoms with E-state index in [4.69, 9.17) is 0 Å². The van der Waals surface area contributed by atoms with Gasteiger partial charge in [-0.3, -0.25) is 9.48 Å². The second-order valence-electron chi connectivity index (χ2n) is 10.7. The molecule has 4 aromatic rings. The molecule has 4 rings (SSSR count). The monoisotopic (exact) mass is 485 g/mol. The first-order valence-corrected chi connectivity index (χ1v) is 12.1. The van der Waals surface area contributed by atoms with Crippen molar-refractivity contribution in [2.75, 3.05) is 19.4 Å². The Morgan fingerprint density at radius 3 is 2.47 bits per heavy atom. The van der Waals surface area contributed by atoms with Crippen LogP contribution in [0, 0.1) is 13.8 Å². The summed E-state index contributed by atoms with van der Waals surface area (Å²) >= 11 is 0. The van der Waals surface area contributed by atoms with E-state index in [0.717, 1.165) is 45.9 Å². The largest absolute Gasteiger partial charge is 0.322 e. The Morgan fingerprint density at radius 2 is 1.83 bits per heavy atom. The average molecular weight is 486 g/mol. The summed E-state index contributed by atoms with van der Waals surface area (Å²) in [4.78, 5) is 15.4. The van der Waals surface area contributed by atoms with Crippen LogP contribution in [0.5, 0.6) is 0 Å². The van der Waals surface area contributed by atoms with Crippen LogP contribution >= 0.6 is 0 Å². The molecule has 2 heterocycles. The lowest BCUT2D eigenvalue weighted by Crippen LogP contribution is -2.18. The van der Waals surface area contributed by atoms with E-state index >= 15 is 0 Å². The van der Waals surface area contributed by atoms with Crippen LogP contribution in [-0.2, 0) is 19.0 Å². The van der Waals surface area contributed by atoms with E-state index in [1.165, 1.54) is 0 Å². The smallest absolute Gasteiger partial charge is 0.255 e. The lowest BCUT2D eigenvalue weighted by Gasteiger charge is -2.22. The fraction of sp³-hybridized carbons (Fsp3) is 0.357. The van der Waals surface area contributed by atoms with Gasteiger partial charge in [0.15, 0.2) is 0 Å². The van der Waals surface area contributed by atoms with Gasteiger partial charge < -0.3 is 10.2 Å². The average Bonchev–Trinajstić information content (AvgIpc) is 3.40. The first kappa shape index (κ1) is 25.3. The zero-order valence-corrected chi connectivity index (χ0v) is 22.4. The van der Waals surface area contributed by atoms with Crippen molar-refractivity contribution in [3.05, 3.63) is 76.7 Å². The number of aromatic nitrogens is 5. The summed E-state index contributed by atoms with van der Waals surface area (Å²) in [5.74, 6) is -0.138. The number of anilines is 1. The third kappa shape index (κ3) is 5.39. The molecule has 0 radical (unpaired) electrons. The van der Waals surface area contributed by atoms with Gasteiger partial charge in [0, 0.05) is 36.1 Å². The number of benzene rings is 2. The van der Waals surface area contributed by atoms with Crippen molar-refractivity contribution in [2.24, 2.45) is 7.05 Å². The van der Waals surface area contributed by atoms with E-state index in [-0.39, 0.29) is 11.3 Å². The number of carbonyl (C=O) groups is 1. The van der Waals surface area contributed by atoms with Crippen molar-refractivity contribution in [1.82, 2.24) is 29.7 Å². The van der Waals surface area contributed by atoms with Crippen LogP contribution in [0.2, 0.25) is 0 Å². The number of carbonyl (C=O) groups excluding carboxylic acids is 1. The molecule has 1 N–H and O–H groups in total. The summed E-state index contributed by atoms with van der Waals surface area (Å²) in [7, 11) is 5.96. The van der Waals surface area contributed by atoms with Crippen LogP contribution in [0.1, 0.15) is 53.5 Å². The Hall–Kier alpha value is -3.78. The highest BCUT2D eigenvalue weighted by Crippen LogP contribution is 2.27. The standard InChI is InChI=1S/C28H35N7O/c1-18-9-10-23(14-26(18)35-17-25(31-32-35)24-15-29-34(8)19(24)2)30-27(36)21-11-20(16-33(6)7)12-22(13-21)28(3,4)5/h9-15,17H,16H2,1-8H3,(H,30,36). The van der Waals surface area contributed by atoms with Crippen LogP contribution in [-0.4, -0.2) is 49.7 Å². The van der Waals surface area contributed by atoms with Gasteiger partial charge in [-0.15, -0.1) is 5.10 Å². The molecule has 8 heteroatoms. The van der Waals surface area contributed by atoms with Gasteiger partial charge in [-0.05, 0) is 74.3 Å². The predicted molar refractivity (Wildman–Crippen MR) is 144 cm³/mol. The Bertz CT molecular complexity index is 1410. The van der Waals surface area contributed by atoms with E-state index in [0.29, 0.717) is 11.3 Å². The number of nitrogens with zero attached hydrogens (tertiary/aromatic N) is 6. The molecule has 1 amide bonds. The molecule has 0 saturated carbocycles. The van der Waals surface area contributed by atoms with Gasteiger partial charge in [-0.2, -0.15) is 5.10 Å². The lowest BCUT2D eigenvalue weighted by molar-refractivity contribution is 0.102. The van der Waals surface area contributed by atoms with Crippen molar-refractivity contribution in [2.45, 2.75) is 46.6 Å². The van der Waals surface area contributed by atoms with Crippen molar-refractivity contribution in [1.29, 1.82) is 0 Å². The van der Waals surface area contributed by atoms with Crippen molar-refractivity contribution in [3.63, 3.8) is 0 Å². The third-order valence-corrected chi connectivity index (χ3v) is 6.34. The van der Waals surface area contributed by atoms with Crippen LogP contribution in [0.4, 0.5) is 5.69 Å². The summed E-state index contributed by atoms with van der Waals surface area (Å²) in [5, 5.41) is 16.1. The first-order valence-electron chi connectivity index (χ1n) is 12.1. The van der Waals surface area contributed by atoms with Crippen molar-refractivity contribution >= 4 is 11.6 Å². The maximum Gasteiger partial charge on any atom is 0.255 e. The number of nitrogens with one attached hydrogen (secondary N) is 1. The molecule has 0 aliphatic carbocycles. The highest BCUT2D eigenvalue weighted by molar-refractivity contribution is 6.04. The Balaban J connectivity index is 1.62. The minimum Gasteiger partial charge on any atom is -0.322 e. The van der Waals surface area contributed by atoms with E-state index in [2.05, 4.69) is 52.5 Å². The van der Waals surface area contributed by atoms with Gasteiger partial charge in [0.25, 0.3) is 5.91 Å². The Morgan fingerprint density at radius 1 is 1.08 bits per heavy atom. The minimum atomic E-state index is -0.138. The van der Waals surface area contributed by atoms with E-state index in [1.54, 1.807) is 10.9 Å². The SMILES string of the molecule is Cc1ccc(NC(=O)c2cc(CN(C)C)cc(C(C)(C)C)c2)cc1-n1cc(-c2cnn(C)c2C)nn1. The number of hydrogen-bond acceptors (Lipinski definition) is 5. The molecule has 0 fully saturated rings. The Kier molecular flexibility index (Phi) is 6.82. The fourth-order valence-electron chi connectivity index (χ4n) is 4.10. The molecule has 36 heavy (non-hydrogen) atoms. The topological polar surface area (TPSA) is 80.9 Å². The normalized spacial score (nSPS) is 11.8. The molecule has 0 aliphatic rings. The molecule has 0 spiro atoms. The first-order chi connectivity index (χ1) is 16.9. The summed E-state index contributed by atoms with van der Waals surface area (Å²) in [6.07, 6.45) is 3.68. The fourth-order valence-corrected chi connectivity index (χ4v) is 4.10. The van der Waals surface area contributed by atoms with Gasteiger partial charge >= 0.3 is 0 Å². The molecule has 8 nitrogen and oxygen atoms in total. The van der Waals surface area contributed by atoms with Crippen LogP contribution in [0.3, 0.4) is 0 Å². The van der Waals surface area contributed by atoms with Gasteiger partial charge in [0.2, 0.25) is 0 Å². The molecule has 0 aliphatic heterocycles. The number of hydrogen-bond donors (Lipinski definition) is 1. The van der Waals surface area contributed by atoms with Gasteiger partial charge in [-0.1, -0.05) is 38.1 Å². The number of aryl methyl sites for hydroxylation is 2. The zero-order valence-electron chi connectivity index (χ0n) is 22.4. The van der Waals surface area contributed by atoms with E-state index in [1.807, 2.05) is 76.2 Å². The summed E-state index contributed by atoms with van der Waals surface area (Å²) in [6, 6.07) is 12.0. The molecular formula is C28H35N7O. The number of rotatable bonds is 6. The number of amides is 1. The molecule has 188 valence electrons. The van der Waals surface area contributed by atoms with Crippen LogP contribution in [0.15, 0.2) is 48.8 Å². The van der Waals surface area contributed by atoms with Crippen LogP contribution < -0.4 is 5.32 Å². The highest BCUT2D eigenvalue weighted by atomic mass is 16.1.